The van der Waals surface area contributed by atoms with Crippen molar-refractivity contribution in [1.29, 1.82) is 0 Å². The Bertz CT molecular complexity index is 1170. The molecule has 0 unspecified atom stereocenters. The van der Waals surface area contributed by atoms with E-state index in [2.05, 4.69) is 16.4 Å². The number of phenolic OH excluding ortho intramolecular Hbond substituents is 1. The minimum atomic E-state index is 0.105. The molecule has 1 heterocycles. The van der Waals surface area contributed by atoms with E-state index in [9.17, 15) is 9.90 Å². The van der Waals surface area contributed by atoms with Crippen molar-refractivity contribution in [2.24, 2.45) is 11.7 Å². The maximum absolute atomic E-state index is 13.1. The Morgan fingerprint density at radius 2 is 1.84 bits per heavy atom. The quantitative estimate of drug-likeness (QED) is 0.425. The first kappa shape index (κ1) is 21.2. The number of rotatable bonds is 5. The molecular formula is C26H28ClN3O2. The van der Waals surface area contributed by atoms with Crippen molar-refractivity contribution < 1.29 is 9.90 Å². The summed E-state index contributed by atoms with van der Waals surface area (Å²) in [6.45, 7) is 1.83. The van der Waals surface area contributed by atoms with E-state index in [1.54, 1.807) is 12.3 Å². The summed E-state index contributed by atoms with van der Waals surface area (Å²) in [5, 5.41) is 15.0. The minimum Gasteiger partial charge on any atom is -0.506 e. The second kappa shape index (κ2) is 8.38. The lowest BCUT2D eigenvalue weighted by atomic mass is 9.91. The molecule has 166 valence electrons. The maximum atomic E-state index is 13.1. The summed E-state index contributed by atoms with van der Waals surface area (Å²) in [6.07, 6.45) is 7.62. The molecule has 2 aliphatic rings. The van der Waals surface area contributed by atoms with Crippen LogP contribution in [0.5, 0.6) is 5.75 Å². The Kier molecular flexibility index (Phi) is 5.56. The molecule has 2 aliphatic carbocycles. The van der Waals surface area contributed by atoms with E-state index in [1.807, 2.05) is 25.1 Å². The van der Waals surface area contributed by atoms with Crippen molar-refractivity contribution >= 4 is 34.0 Å². The highest BCUT2D eigenvalue weighted by Crippen LogP contribution is 2.39. The second-order valence-electron chi connectivity index (χ2n) is 9.30. The van der Waals surface area contributed by atoms with E-state index >= 15 is 0 Å². The average molecular weight is 450 g/mol. The summed E-state index contributed by atoms with van der Waals surface area (Å²) < 4.78 is 0. The number of anilines is 1. The number of hydrogen-bond donors (Lipinski definition) is 3. The van der Waals surface area contributed by atoms with Crippen molar-refractivity contribution in [2.45, 2.75) is 57.5 Å². The van der Waals surface area contributed by atoms with Gasteiger partial charge in [-0.15, -0.1) is 0 Å². The summed E-state index contributed by atoms with van der Waals surface area (Å²) >= 11 is 6.24. The lowest BCUT2D eigenvalue weighted by Gasteiger charge is -2.29. The summed E-state index contributed by atoms with van der Waals surface area (Å²) in [6, 6.07) is 10.3. The van der Waals surface area contributed by atoms with E-state index in [0.29, 0.717) is 16.6 Å². The Balaban J connectivity index is 1.62. The molecule has 0 spiro atoms. The number of phenols is 1. The molecule has 3 aromatic rings. The number of carbonyl (C=O) groups is 1. The molecule has 0 bridgehead atoms. The van der Waals surface area contributed by atoms with Crippen LogP contribution in [0.3, 0.4) is 0 Å². The molecule has 0 aliphatic heterocycles. The highest BCUT2D eigenvalue weighted by Gasteiger charge is 2.33. The van der Waals surface area contributed by atoms with Gasteiger partial charge in [-0.25, -0.2) is 0 Å². The Morgan fingerprint density at radius 3 is 2.53 bits per heavy atom. The number of aromatic hydroxyl groups is 1. The maximum Gasteiger partial charge on any atom is 0.169 e. The van der Waals surface area contributed by atoms with Crippen LogP contribution in [-0.4, -0.2) is 28.0 Å². The number of carbonyl (C=O) groups excluding carboxylic acids is 1. The average Bonchev–Trinajstić information content (AvgIpc) is 3.63. The first-order chi connectivity index (χ1) is 15.4. The van der Waals surface area contributed by atoms with Gasteiger partial charge in [0.2, 0.25) is 0 Å². The van der Waals surface area contributed by atoms with Crippen LogP contribution < -0.4 is 11.1 Å². The van der Waals surface area contributed by atoms with Gasteiger partial charge >= 0.3 is 0 Å². The largest absolute Gasteiger partial charge is 0.506 e. The fraction of sp³-hybridized carbons (Fsp3) is 0.385. The van der Waals surface area contributed by atoms with Crippen LogP contribution in [0.15, 0.2) is 36.5 Å². The van der Waals surface area contributed by atoms with Crippen molar-refractivity contribution in [1.82, 2.24) is 4.98 Å². The van der Waals surface area contributed by atoms with E-state index in [4.69, 9.17) is 17.3 Å². The van der Waals surface area contributed by atoms with E-state index < -0.39 is 0 Å². The number of hydrogen-bond acceptors (Lipinski definition) is 5. The van der Waals surface area contributed by atoms with Gasteiger partial charge in [0.25, 0.3) is 0 Å². The SMILES string of the molecule is Cc1cc(-c2ccc3ncc(C(=O)C4CC4)c(N[C@H]4CC[C@H](N)CC4)c3c2)cc(Cl)c1O. The molecule has 2 fully saturated rings. The molecule has 6 heteroatoms. The smallest absolute Gasteiger partial charge is 0.169 e. The van der Waals surface area contributed by atoms with Crippen molar-refractivity contribution in [3.8, 4) is 16.9 Å². The molecule has 4 N–H and O–H groups in total. The van der Waals surface area contributed by atoms with Crippen LogP contribution in [-0.2, 0) is 0 Å². The Morgan fingerprint density at radius 1 is 1.09 bits per heavy atom. The number of aryl methyl sites for hydroxylation is 1. The van der Waals surface area contributed by atoms with Crippen molar-refractivity contribution in [3.05, 3.63) is 52.7 Å². The molecule has 2 saturated carbocycles. The highest BCUT2D eigenvalue weighted by atomic mass is 35.5. The molecule has 5 nitrogen and oxygen atoms in total. The van der Waals surface area contributed by atoms with Crippen LogP contribution in [0.25, 0.3) is 22.0 Å². The third-order valence-electron chi connectivity index (χ3n) is 6.79. The topological polar surface area (TPSA) is 88.2 Å². The second-order valence-corrected chi connectivity index (χ2v) is 9.70. The first-order valence-electron chi connectivity index (χ1n) is 11.4. The van der Waals surface area contributed by atoms with Gasteiger partial charge in [-0.2, -0.15) is 0 Å². The van der Waals surface area contributed by atoms with E-state index in [1.165, 1.54) is 0 Å². The zero-order valence-corrected chi connectivity index (χ0v) is 19.0. The van der Waals surface area contributed by atoms with Gasteiger partial charge in [-0.05, 0) is 86.4 Å². The van der Waals surface area contributed by atoms with Gasteiger partial charge < -0.3 is 16.2 Å². The summed E-state index contributed by atoms with van der Waals surface area (Å²) in [5.74, 6) is 0.410. The number of nitrogens with zero attached hydrogens (tertiary/aromatic N) is 1. The van der Waals surface area contributed by atoms with E-state index in [-0.39, 0.29) is 23.5 Å². The molecule has 0 radical (unpaired) electrons. The Labute approximate surface area is 193 Å². The predicted octanol–water partition coefficient (Wildman–Crippen LogP) is 5.84. The van der Waals surface area contributed by atoms with Gasteiger partial charge in [0, 0.05) is 29.6 Å². The fourth-order valence-electron chi connectivity index (χ4n) is 4.65. The van der Waals surface area contributed by atoms with Gasteiger partial charge in [0.15, 0.2) is 5.78 Å². The summed E-state index contributed by atoms with van der Waals surface area (Å²) in [5.41, 5.74) is 11.1. The zero-order valence-electron chi connectivity index (χ0n) is 18.2. The molecule has 1 aromatic heterocycles. The number of pyridine rings is 1. The normalized spacial score (nSPS) is 21.0. The molecule has 32 heavy (non-hydrogen) atoms. The van der Waals surface area contributed by atoms with Crippen LogP contribution in [0.1, 0.15) is 54.4 Å². The molecule has 2 aromatic carbocycles. The number of nitrogens with two attached hydrogens (primary N) is 1. The lowest BCUT2D eigenvalue weighted by molar-refractivity contribution is 0.0968. The summed E-state index contributed by atoms with van der Waals surface area (Å²) in [4.78, 5) is 17.7. The lowest BCUT2D eigenvalue weighted by Crippen LogP contribution is -2.33. The van der Waals surface area contributed by atoms with Crippen LogP contribution >= 0.6 is 11.6 Å². The first-order valence-corrected chi connectivity index (χ1v) is 11.8. The third kappa shape index (κ3) is 4.07. The molecule has 0 saturated heterocycles. The standard InChI is InChI=1S/C26H28ClN3O2/c1-14-10-17(12-22(27)25(14)31)16-4-9-23-20(11-16)24(30-19-7-5-18(28)6-8-19)21(13-29-23)26(32)15-2-3-15/h4,9-13,15,18-19,31H,2-3,5-8,28H2,1H3,(H,29,30)/t18-,19-. The van der Waals surface area contributed by atoms with Gasteiger partial charge in [-0.1, -0.05) is 17.7 Å². The van der Waals surface area contributed by atoms with Crippen LogP contribution in [0, 0.1) is 12.8 Å². The number of aromatic nitrogens is 1. The van der Waals surface area contributed by atoms with Crippen LogP contribution in [0.2, 0.25) is 5.02 Å². The number of nitrogens with one attached hydrogen (secondary N) is 1. The monoisotopic (exact) mass is 449 g/mol. The molecular weight excluding hydrogens is 422 g/mol. The van der Waals surface area contributed by atoms with Gasteiger partial charge in [0.1, 0.15) is 5.75 Å². The number of Topliss-reactive ketones (excluding diaryl/α,β-unsaturated/α-hetero) is 1. The Hall–Kier alpha value is -2.63. The van der Waals surface area contributed by atoms with Crippen molar-refractivity contribution in [2.75, 3.05) is 5.32 Å². The number of halogens is 1. The number of benzene rings is 2. The van der Waals surface area contributed by atoms with Gasteiger partial charge in [-0.3, -0.25) is 9.78 Å². The van der Waals surface area contributed by atoms with E-state index in [0.717, 1.165) is 71.8 Å². The predicted molar refractivity (Wildman–Crippen MR) is 129 cm³/mol. The number of ketones is 1. The third-order valence-corrected chi connectivity index (χ3v) is 7.08. The minimum absolute atomic E-state index is 0.105. The van der Waals surface area contributed by atoms with Crippen molar-refractivity contribution in [3.63, 3.8) is 0 Å². The molecule has 0 atom stereocenters. The van der Waals surface area contributed by atoms with Crippen LogP contribution in [0.4, 0.5) is 5.69 Å². The zero-order chi connectivity index (χ0) is 22.4. The molecule has 0 amide bonds. The highest BCUT2D eigenvalue weighted by molar-refractivity contribution is 6.32. The molecule has 5 rings (SSSR count). The number of fused-ring (bicyclic) bond motifs is 1. The van der Waals surface area contributed by atoms with Gasteiger partial charge in [0.05, 0.1) is 21.8 Å². The summed E-state index contributed by atoms with van der Waals surface area (Å²) in [7, 11) is 0. The fourth-order valence-corrected chi connectivity index (χ4v) is 4.92.